The van der Waals surface area contributed by atoms with Gasteiger partial charge in [-0.05, 0) is 83.8 Å². The number of hydrogen-bond donors (Lipinski definition) is 5. The lowest BCUT2D eigenvalue weighted by Gasteiger charge is -2.09. The first-order valence-corrected chi connectivity index (χ1v) is 18.3. The number of anilines is 2. The number of carboxylic acid groups (broad SMARTS) is 1. The van der Waals surface area contributed by atoms with Crippen molar-refractivity contribution in [3.05, 3.63) is 142 Å². The number of halogens is 2. The van der Waals surface area contributed by atoms with Crippen molar-refractivity contribution in [1.29, 1.82) is 0 Å². The zero-order valence-corrected chi connectivity index (χ0v) is 29.5. The van der Waals surface area contributed by atoms with E-state index in [1.807, 2.05) is 29.6 Å². The first kappa shape index (κ1) is 33.8. The van der Waals surface area contributed by atoms with Gasteiger partial charge in [0, 0.05) is 66.6 Å². The molecular formula is C41H28F2N4O4S2. The van der Waals surface area contributed by atoms with Crippen molar-refractivity contribution < 1.29 is 28.3 Å². The molecule has 0 spiro atoms. The highest BCUT2D eigenvalue weighted by Gasteiger charge is 2.24. The SMILES string of the molecule is CCc1c(-c2csc(NC(=O)c3cc(F)cc(-c4ccc5[nH]cc(-c6csc(NC(=O)c7cccc(F)c7)c6C(=O)O)c5c4)c3)c2)[nH]c2ccccc12. The largest absolute Gasteiger partial charge is 0.478 e. The molecule has 5 N–H and O–H groups in total. The second-order valence-electron chi connectivity index (χ2n) is 12.3. The summed E-state index contributed by atoms with van der Waals surface area (Å²) in [7, 11) is 0. The molecule has 8 rings (SSSR count). The zero-order chi connectivity index (χ0) is 36.8. The number of aromatic amines is 2. The van der Waals surface area contributed by atoms with Crippen LogP contribution >= 0.6 is 22.7 Å². The molecule has 0 radical (unpaired) electrons. The van der Waals surface area contributed by atoms with Gasteiger partial charge < -0.3 is 25.7 Å². The lowest BCUT2D eigenvalue weighted by molar-refractivity contribution is 0.0699. The van der Waals surface area contributed by atoms with Crippen LogP contribution in [-0.4, -0.2) is 32.9 Å². The third kappa shape index (κ3) is 6.39. The number of carbonyl (C=O) groups is 3. The number of amides is 2. The summed E-state index contributed by atoms with van der Waals surface area (Å²) < 4.78 is 28.8. The number of thiophene rings is 2. The number of aryl methyl sites for hydroxylation is 1. The minimum absolute atomic E-state index is 0.0484. The van der Waals surface area contributed by atoms with Crippen LogP contribution in [0, 0.1) is 11.6 Å². The van der Waals surface area contributed by atoms with E-state index in [2.05, 4.69) is 33.6 Å². The number of H-pyrrole nitrogens is 2. The van der Waals surface area contributed by atoms with E-state index in [-0.39, 0.29) is 21.7 Å². The lowest BCUT2D eigenvalue weighted by atomic mass is 9.98. The number of aromatic nitrogens is 2. The van der Waals surface area contributed by atoms with Gasteiger partial charge in [0.05, 0.1) is 10.7 Å². The van der Waals surface area contributed by atoms with E-state index in [1.54, 1.807) is 35.8 Å². The molecule has 0 aliphatic carbocycles. The number of nitrogens with one attached hydrogen (secondary N) is 4. The Morgan fingerprint density at radius 2 is 1.53 bits per heavy atom. The fourth-order valence-electron chi connectivity index (χ4n) is 6.61. The predicted molar refractivity (Wildman–Crippen MR) is 207 cm³/mol. The molecule has 0 saturated carbocycles. The molecule has 8 aromatic rings. The van der Waals surface area contributed by atoms with Gasteiger partial charge in [0.25, 0.3) is 11.8 Å². The van der Waals surface area contributed by atoms with Gasteiger partial charge in [0.1, 0.15) is 22.2 Å². The minimum Gasteiger partial charge on any atom is -0.478 e. The second kappa shape index (κ2) is 13.6. The van der Waals surface area contributed by atoms with E-state index in [1.165, 1.54) is 47.2 Å². The summed E-state index contributed by atoms with van der Waals surface area (Å²) in [6.45, 7) is 2.11. The molecule has 12 heteroatoms. The monoisotopic (exact) mass is 742 g/mol. The van der Waals surface area contributed by atoms with Gasteiger partial charge in [-0.15, -0.1) is 22.7 Å². The molecule has 0 bridgehead atoms. The van der Waals surface area contributed by atoms with Crippen molar-refractivity contribution in [2.24, 2.45) is 0 Å². The first-order valence-electron chi connectivity index (χ1n) is 16.5. The summed E-state index contributed by atoms with van der Waals surface area (Å²) in [4.78, 5) is 45.5. The summed E-state index contributed by atoms with van der Waals surface area (Å²) in [5, 5.41) is 21.9. The number of carboxylic acids is 1. The molecule has 0 saturated heterocycles. The molecule has 53 heavy (non-hydrogen) atoms. The van der Waals surface area contributed by atoms with Crippen molar-refractivity contribution in [2.75, 3.05) is 10.6 Å². The topological polar surface area (TPSA) is 127 Å². The highest BCUT2D eigenvalue weighted by Crippen LogP contribution is 2.41. The Morgan fingerprint density at radius 1 is 0.717 bits per heavy atom. The average Bonchev–Trinajstić information content (AvgIpc) is 3.95. The van der Waals surface area contributed by atoms with Crippen LogP contribution in [-0.2, 0) is 6.42 Å². The maximum atomic E-state index is 15.1. The van der Waals surface area contributed by atoms with Gasteiger partial charge in [0.15, 0.2) is 0 Å². The van der Waals surface area contributed by atoms with E-state index in [0.717, 1.165) is 46.0 Å². The van der Waals surface area contributed by atoms with Crippen molar-refractivity contribution in [3.63, 3.8) is 0 Å². The Hall–Kier alpha value is -6.37. The predicted octanol–water partition coefficient (Wildman–Crippen LogP) is 10.8. The van der Waals surface area contributed by atoms with Crippen molar-refractivity contribution in [3.8, 4) is 33.5 Å². The Labute approximate surface area is 308 Å². The van der Waals surface area contributed by atoms with Gasteiger partial charge in [-0.25, -0.2) is 13.6 Å². The van der Waals surface area contributed by atoms with E-state index in [4.69, 9.17) is 0 Å². The molecule has 4 aromatic heterocycles. The van der Waals surface area contributed by atoms with E-state index in [0.29, 0.717) is 38.2 Å². The highest BCUT2D eigenvalue weighted by atomic mass is 32.1. The molecule has 2 amide bonds. The highest BCUT2D eigenvalue weighted by molar-refractivity contribution is 7.15. The smallest absolute Gasteiger partial charge is 0.339 e. The number of rotatable bonds is 9. The van der Waals surface area contributed by atoms with Crippen molar-refractivity contribution in [2.45, 2.75) is 13.3 Å². The maximum Gasteiger partial charge on any atom is 0.339 e. The number of benzene rings is 4. The summed E-state index contributed by atoms with van der Waals surface area (Å²) in [6, 6.07) is 24.6. The quantitative estimate of drug-likeness (QED) is 0.101. The number of para-hydroxylation sites is 1. The van der Waals surface area contributed by atoms with Crippen LogP contribution in [0.3, 0.4) is 0 Å². The second-order valence-corrected chi connectivity index (χ2v) is 14.1. The first-order chi connectivity index (χ1) is 25.7. The lowest BCUT2D eigenvalue weighted by Crippen LogP contribution is -2.13. The van der Waals surface area contributed by atoms with Crippen molar-refractivity contribution >= 4 is 72.3 Å². The summed E-state index contributed by atoms with van der Waals surface area (Å²) >= 11 is 2.42. The van der Waals surface area contributed by atoms with Crippen LogP contribution < -0.4 is 10.6 Å². The molecule has 4 heterocycles. The van der Waals surface area contributed by atoms with Gasteiger partial charge in [-0.3, -0.25) is 9.59 Å². The van der Waals surface area contributed by atoms with Crippen LogP contribution in [0.2, 0.25) is 0 Å². The number of aromatic carboxylic acids is 1. The summed E-state index contributed by atoms with van der Waals surface area (Å²) in [6.07, 6.45) is 2.50. The van der Waals surface area contributed by atoms with Crippen molar-refractivity contribution in [1.82, 2.24) is 9.97 Å². The van der Waals surface area contributed by atoms with E-state index in [9.17, 15) is 23.9 Å². The molecule has 0 fully saturated rings. The Kier molecular flexibility index (Phi) is 8.69. The molecule has 262 valence electrons. The van der Waals surface area contributed by atoms with E-state index < -0.39 is 29.4 Å². The zero-order valence-electron chi connectivity index (χ0n) is 27.8. The molecule has 4 aromatic carbocycles. The fourth-order valence-corrected chi connectivity index (χ4v) is 8.34. The molecule has 8 nitrogen and oxygen atoms in total. The van der Waals surface area contributed by atoms with Gasteiger partial charge in [-0.2, -0.15) is 0 Å². The molecule has 0 unspecified atom stereocenters. The molecule has 0 aliphatic rings. The van der Waals surface area contributed by atoms with Crippen LogP contribution in [0.4, 0.5) is 18.8 Å². The minimum atomic E-state index is -1.26. The van der Waals surface area contributed by atoms with Crippen LogP contribution in [0.1, 0.15) is 43.6 Å². The third-order valence-corrected chi connectivity index (χ3v) is 10.8. The van der Waals surface area contributed by atoms with Crippen LogP contribution in [0.25, 0.3) is 55.3 Å². The van der Waals surface area contributed by atoms with Gasteiger partial charge >= 0.3 is 5.97 Å². The molecular weight excluding hydrogens is 715 g/mol. The number of fused-ring (bicyclic) bond motifs is 2. The van der Waals surface area contributed by atoms with E-state index >= 15 is 4.39 Å². The summed E-state index contributed by atoms with van der Waals surface area (Å²) in [5.41, 5.74) is 6.90. The Bertz CT molecular complexity index is 2740. The van der Waals surface area contributed by atoms with Gasteiger partial charge in [0.2, 0.25) is 0 Å². The standard InChI is InChI=1S/C41H28F2N4O4S2/c1-2-28-29-8-3-4-9-34(29)45-37(28)25-17-35(52-19-25)46-39(49)24-12-23(14-27(43)15-24)21-10-11-33-30(16-21)31(18-44-33)32-20-53-40(36(32)41(50)51)47-38(48)22-6-5-7-26(42)13-22/h3-20,44-45H,2H2,1H3,(H,46,49)(H,47,48)(H,50,51). The average molecular weight is 743 g/mol. The normalized spacial score (nSPS) is 11.3. The summed E-state index contributed by atoms with van der Waals surface area (Å²) in [5.74, 6) is -3.55. The fraction of sp³-hybridized carbons (Fsp3) is 0.0488. The Morgan fingerprint density at radius 3 is 2.34 bits per heavy atom. The van der Waals surface area contributed by atoms with Crippen LogP contribution in [0.5, 0.6) is 0 Å². The maximum absolute atomic E-state index is 15.1. The third-order valence-electron chi connectivity index (χ3n) is 9.08. The molecule has 0 aliphatic heterocycles. The van der Waals surface area contributed by atoms with Gasteiger partial charge in [-0.1, -0.05) is 37.3 Å². The Balaban J connectivity index is 1.07. The molecule has 0 atom stereocenters. The number of hydrogen-bond acceptors (Lipinski definition) is 5. The van der Waals surface area contributed by atoms with Crippen LogP contribution in [0.15, 0.2) is 108 Å². The number of carbonyl (C=O) groups excluding carboxylic acids is 2.